The van der Waals surface area contributed by atoms with E-state index in [-0.39, 0.29) is 0 Å². The Kier molecular flexibility index (Phi) is 2.86. The number of hydrogen-bond donors (Lipinski definition) is 1. The molecule has 0 spiro atoms. The summed E-state index contributed by atoms with van der Waals surface area (Å²) < 4.78 is 0. The van der Waals surface area contributed by atoms with E-state index in [2.05, 4.69) is 26.7 Å². The van der Waals surface area contributed by atoms with Gasteiger partial charge in [-0.25, -0.2) is 0 Å². The van der Waals surface area contributed by atoms with Gasteiger partial charge in [0.1, 0.15) is 0 Å². The number of aromatic nitrogens is 2. The van der Waals surface area contributed by atoms with Crippen molar-refractivity contribution in [3.05, 3.63) is 35.6 Å². The molecule has 0 radical (unpaired) electrons. The molecule has 3 nitrogen and oxygen atoms in total. The normalized spacial score (nSPS) is 10.4. The van der Waals surface area contributed by atoms with Crippen LogP contribution in [0.15, 0.2) is 30.0 Å². The summed E-state index contributed by atoms with van der Waals surface area (Å²) in [5, 5.41) is 5.26. The SMILES string of the molecule is CNCc1csc(-c2cnccn2)c1. The molecule has 0 fully saturated rings. The molecular weight excluding hydrogens is 194 g/mol. The Morgan fingerprint density at radius 2 is 2.36 bits per heavy atom. The highest BCUT2D eigenvalue weighted by Gasteiger charge is 2.02. The molecule has 0 aromatic carbocycles. The lowest BCUT2D eigenvalue weighted by Gasteiger charge is -1.93. The van der Waals surface area contributed by atoms with Crippen molar-refractivity contribution in [1.82, 2.24) is 15.3 Å². The molecule has 0 saturated heterocycles. The summed E-state index contributed by atoms with van der Waals surface area (Å²) in [6.07, 6.45) is 5.19. The zero-order chi connectivity index (χ0) is 9.80. The van der Waals surface area contributed by atoms with Crippen LogP contribution >= 0.6 is 11.3 Å². The van der Waals surface area contributed by atoms with Gasteiger partial charge in [0, 0.05) is 18.9 Å². The van der Waals surface area contributed by atoms with Crippen LogP contribution in [0.5, 0.6) is 0 Å². The van der Waals surface area contributed by atoms with Crippen molar-refractivity contribution in [2.24, 2.45) is 0 Å². The maximum Gasteiger partial charge on any atom is 0.0984 e. The minimum absolute atomic E-state index is 0.900. The van der Waals surface area contributed by atoms with Gasteiger partial charge < -0.3 is 5.32 Å². The molecule has 2 aromatic rings. The van der Waals surface area contributed by atoms with Crippen LogP contribution in [0.2, 0.25) is 0 Å². The fourth-order valence-electron chi connectivity index (χ4n) is 1.23. The smallest absolute Gasteiger partial charge is 0.0984 e. The lowest BCUT2D eigenvalue weighted by Crippen LogP contribution is -2.03. The van der Waals surface area contributed by atoms with E-state index in [0.717, 1.165) is 12.2 Å². The first kappa shape index (κ1) is 9.30. The van der Waals surface area contributed by atoms with E-state index < -0.39 is 0 Å². The number of rotatable bonds is 3. The van der Waals surface area contributed by atoms with E-state index in [9.17, 15) is 0 Å². The van der Waals surface area contributed by atoms with Gasteiger partial charge in [0.25, 0.3) is 0 Å². The van der Waals surface area contributed by atoms with Crippen LogP contribution in [0, 0.1) is 0 Å². The predicted molar refractivity (Wildman–Crippen MR) is 58.1 cm³/mol. The molecule has 14 heavy (non-hydrogen) atoms. The summed E-state index contributed by atoms with van der Waals surface area (Å²) in [4.78, 5) is 9.46. The fourth-order valence-corrected chi connectivity index (χ4v) is 2.11. The molecule has 0 unspecified atom stereocenters. The van der Waals surface area contributed by atoms with Gasteiger partial charge in [-0.2, -0.15) is 0 Å². The molecule has 2 heterocycles. The van der Waals surface area contributed by atoms with Crippen LogP contribution in [0.25, 0.3) is 10.6 Å². The summed E-state index contributed by atoms with van der Waals surface area (Å²) in [6, 6.07) is 2.14. The second kappa shape index (κ2) is 4.30. The van der Waals surface area contributed by atoms with Gasteiger partial charge in [-0.15, -0.1) is 11.3 Å². The van der Waals surface area contributed by atoms with Crippen molar-refractivity contribution >= 4 is 11.3 Å². The Labute approximate surface area is 86.8 Å². The van der Waals surface area contributed by atoms with E-state index in [4.69, 9.17) is 0 Å². The highest BCUT2D eigenvalue weighted by molar-refractivity contribution is 7.13. The minimum Gasteiger partial charge on any atom is -0.316 e. The van der Waals surface area contributed by atoms with E-state index in [1.165, 1.54) is 10.4 Å². The van der Waals surface area contributed by atoms with Crippen molar-refractivity contribution in [1.29, 1.82) is 0 Å². The Bertz CT molecular complexity index is 397. The largest absolute Gasteiger partial charge is 0.316 e. The highest BCUT2D eigenvalue weighted by Crippen LogP contribution is 2.24. The maximum atomic E-state index is 4.25. The van der Waals surface area contributed by atoms with Crippen LogP contribution in [0.3, 0.4) is 0 Å². The Balaban J connectivity index is 2.25. The van der Waals surface area contributed by atoms with E-state index in [0.29, 0.717) is 0 Å². The van der Waals surface area contributed by atoms with Gasteiger partial charge in [0.15, 0.2) is 0 Å². The zero-order valence-electron chi connectivity index (χ0n) is 7.90. The molecule has 0 bridgehead atoms. The molecule has 72 valence electrons. The van der Waals surface area contributed by atoms with Crippen LogP contribution in [-0.4, -0.2) is 17.0 Å². The summed E-state index contributed by atoms with van der Waals surface area (Å²) in [6.45, 7) is 0.900. The Hall–Kier alpha value is -1.26. The van der Waals surface area contributed by atoms with Crippen LogP contribution in [0.4, 0.5) is 0 Å². The first-order valence-corrected chi connectivity index (χ1v) is 5.26. The number of nitrogens with one attached hydrogen (secondary N) is 1. The van der Waals surface area contributed by atoms with Gasteiger partial charge >= 0.3 is 0 Å². The van der Waals surface area contributed by atoms with Crippen LogP contribution < -0.4 is 5.32 Å². The molecule has 0 amide bonds. The molecule has 4 heteroatoms. The summed E-state index contributed by atoms with van der Waals surface area (Å²) in [5.74, 6) is 0. The van der Waals surface area contributed by atoms with Crippen LogP contribution in [-0.2, 0) is 6.54 Å². The standard InChI is InChI=1S/C10H11N3S/c1-11-5-8-4-10(14-7-8)9-6-12-2-3-13-9/h2-4,6-7,11H,5H2,1H3. The molecule has 0 saturated carbocycles. The predicted octanol–water partition coefficient (Wildman–Crippen LogP) is 1.92. The van der Waals surface area contributed by atoms with Crippen molar-refractivity contribution in [3.8, 4) is 10.6 Å². The fraction of sp³-hybridized carbons (Fsp3) is 0.200. The van der Waals surface area contributed by atoms with Crippen molar-refractivity contribution in [2.75, 3.05) is 7.05 Å². The average molecular weight is 205 g/mol. The molecule has 0 atom stereocenters. The summed E-state index contributed by atoms with van der Waals surface area (Å²) in [7, 11) is 1.94. The third-order valence-corrected chi connectivity index (χ3v) is 2.85. The monoisotopic (exact) mass is 205 g/mol. The maximum absolute atomic E-state index is 4.25. The van der Waals surface area contributed by atoms with Crippen molar-refractivity contribution < 1.29 is 0 Å². The molecule has 0 aliphatic rings. The third-order valence-electron chi connectivity index (χ3n) is 1.85. The van der Waals surface area contributed by atoms with Gasteiger partial charge in [-0.05, 0) is 24.1 Å². The zero-order valence-corrected chi connectivity index (χ0v) is 8.71. The van der Waals surface area contributed by atoms with Gasteiger partial charge in [-0.3, -0.25) is 9.97 Å². The average Bonchev–Trinajstić information content (AvgIpc) is 2.68. The van der Waals surface area contributed by atoms with Crippen LogP contribution in [0.1, 0.15) is 5.56 Å². The van der Waals surface area contributed by atoms with Gasteiger partial charge in [0.05, 0.1) is 16.8 Å². The molecule has 1 N–H and O–H groups in total. The molecular formula is C10H11N3S. The quantitative estimate of drug-likeness (QED) is 0.832. The van der Waals surface area contributed by atoms with E-state index >= 15 is 0 Å². The van der Waals surface area contributed by atoms with E-state index in [1.54, 1.807) is 29.9 Å². The second-order valence-electron chi connectivity index (χ2n) is 2.94. The molecule has 0 aliphatic heterocycles. The Morgan fingerprint density at radius 3 is 3.07 bits per heavy atom. The van der Waals surface area contributed by atoms with Crippen molar-refractivity contribution in [3.63, 3.8) is 0 Å². The topological polar surface area (TPSA) is 37.8 Å². The Morgan fingerprint density at radius 1 is 1.43 bits per heavy atom. The highest BCUT2D eigenvalue weighted by atomic mass is 32.1. The number of thiophene rings is 1. The summed E-state index contributed by atoms with van der Waals surface area (Å²) in [5.41, 5.74) is 2.23. The number of nitrogens with zero attached hydrogens (tertiary/aromatic N) is 2. The molecule has 2 aromatic heterocycles. The number of hydrogen-bond acceptors (Lipinski definition) is 4. The van der Waals surface area contributed by atoms with E-state index in [1.807, 2.05) is 7.05 Å². The van der Waals surface area contributed by atoms with Gasteiger partial charge in [0.2, 0.25) is 0 Å². The van der Waals surface area contributed by atoms with Crippen molar-refractivity contribution in [2.45, 2.75) is 6.54 Å². The minimum atomic E-state index is 0.900. The second-order valence-corrected chi connectivity index (χ2v) is 3.85. The lowest BCUT2D eigenvalue weighted by molar-refractivity contribution is 0.821. The lowest BCUT2D eigenvalue weighted by atomic mass is 10.3. The third kappa shape index (κ3) is 1.97. The molecule has 2 rings (SSSR count). The first-order valence-electron chi connectivity index (χ1n) is 4.38. The summed E-state index contributed by atoms with van der Waals surface area (Å²) >= 11 is 1.70. The molecule has 0 aliphatic carbocycles. The van der Waals surface area contributed by atoms with Gasteiger partial charge in [-0.1, -0.05) is 0 Å². The first-order chi connectivity index (χ1) is 6.90.